The molecule has 1 aromatic carbocycles. The quantitative estimate of drug-likeness (QED) is 0.584. The Hall–Kier alpha value is -3.03. The molecule has 1 fully saturated rings. The highest BCUT2D eigenvalue weighted by Crippen LogP contribution is 2.42. The van der Waals surface area contributed by atoms with E-state index in [1.54, 1.807) is 6.92 Å². The number of imide groups is 1. The lowest BCUT2D eigenvalue weighted by Gasteiger charge is -2.29. The van der Waals surface area contributed by atoms with Crippen LogP contribution in [-0.2, 0) is 23.9 Å². The third kappa shape index (κ3) is 2.89. The Morgan fingerprint density at radius 2 is 1.75 bits per heavy atom. The zero-order valence-electron chi connectivity index (χ0n) is 16.7. The Morgan fingerprint density at radius 1 is 1.14 bits per heavy atom. The van der Waals surface area contributed by atoms with Gasteiger partial charge in [-0.25, -0.2) is 14.7 Å². The molecule has 0 saturated carbocycles. The summed E-state index contributed by atoms with van der Waals surface area (Å²) in [5, 5.41) is 5.01. The monoisotopic (exact) mass is 385 g/mol. The number of nitrogens with zero attached hydrogens (tertiary/aromatic N) is 3. The normalized spacial score (nSPS) is 21.5. The molecule has 3 rings (SSSR count). The SMILES string of the molecule is CCOC(=O)C1=NN(C(C)=O)[C@]2(CC(=O)N(c3c(C)cc(C)cc3C)C2=O)C1. The first kappa shape index (κ1) is 19.7. The van der Waals surface area contributed by atoms with Crippen molar-refractivity contribution in [1.82, 2.24) is 5.01 Å². The van der Waals surface area contributed by atoms with Gasteiger partial charge >= 0.3 is 5.97 Å². The number of hydrazone groups is 1. The highest BCUT2D eigenvalue weighted by Gasteiger charge is 2.61. The molecule has 0 aromatic heterocycles. The molecule has 0 aliphatic carbocycles. The van der Waals surface area contributed by atoms with Gasteiger partial charge in [0.2, 0.25) is 11.8 Å². The van der Waals surface area contributed by atoms with Crippen LogP contribution in [0.2, 0.25) is 0 Å². The van der Waals surface area contributed by atoms with Crippen molar-refractivity contribution in [2.45, 2.75) is 53.0 Å². The maximum Gasteiger partial charge on any atom is 0.354 e. The van der Waals surface area contributed by atoms with Gasteiger partial charge in [-0.05, 0) is 38.8 Å². The van der Waals surface area contributed by atoms with E-state index < -0.39 is 29.2 Å². The number of rotatable bonds is 3. The summed E-state index contributed by atoms with van der Waals surface area (Å²) in [7, 11) is 0. The number of benzene rings is 1. The van der Waals surface area contributed by atoms with Crippen LogP contribution < -0.4 is 4.90 Å². The summed E-state index contributed by atoms with van der Waals surface area (Å²) in [6.07, 6.45) is -0.374. The molecule has 2 heterocycles. The molecular formula is C20H23N3O5. The topological polar surface area (TPSA) is 96.3 Å². The van der Waals surface area contributed by atoms with Gasteiger partial charge in [0.15, 0.2) is 5.54 Å². The number of carbonyl (C=O) groups excluding carboxylic acids is 4. The van der Waals surface area contributed by atoms with Crippen molar-refractivity contribution in [2.75, 3.05) is 11.5 Å². The molecule has 2 aliphatic rings. The summed E-state index contributed by atoms with van der Waals surface area (Å²) >= 11 is 0. The van der Waals surface area contributed by atoms with Crippen LogP contribution in [0.4, 0.5) is 5.69 Å². The second kappa shape index (κ2) is 6.85. The third-order valence-corrected chi connectivity index (χ3v) is 5.05. The molecule has 1 aromatic rings. The molecule has 1 atom stereocenters. The summed E-state index contributed by atoms with van der Waals surface area (Å²) in [6, 6.07) is 3.79. The lowest BCUT2D eigenvalue weighted by molar-refractivity contribution is -0.141. The fraction of sp³-hybridized carbons (Fsp3) is 0.450. The largest absolute Gasteiger partial charge is 0.461 e. The third-order valence-electron chi connectivity index (χ3n) is 5.05. The van der Waals surface area contributed by atoms with E-state index in [-0.39, 0.29) is 25.2 Å². The summed E-state index contributed by atoms with van der Waals surface area (Å²) in [5.41, 5.74) is 1.56. The second-order valence-corrected chi connectivity index (χ2v) is 7.26. The first-order valence-corrected chi connectivity index (χ1v) is 9.13. The van der Waals surface area contributed by atoms with Crippen molar-refractivity contribution in [3.05, 3.63) is 28.8 Å². The number of amides is 3. The number of anilines is 1. The van der Waals surface area contributed by atoms with Crippen LogP contribution in [0.5, 0.6) is 0 Å². The van der Waals surface area contributed by atoms with Crippen LogP contribution in [0.3, 0.4) is 0 Å². The standard InChI is InChI=1S/C20H23N3O5/c1-6-28-18(26)15-9-20(23(21-15)14(5)24)10-16(25)22(19(20)27)17-12(3)7-11(2)8-13(17)4/h7-8H,6,9-10H2,1-5H3/t20-/m0/s1. The van der Waals surface area contributed by atoms with E-state index in [2.05, 4.69) is 5.10 Å². The predicted octanol–water partition coefficient (Wildman–Crippen LogP) is 1.79. The Balaban J connectivity index is 2.05. The second-order valence-electron chi connectivity index (χ2n) is 7.26. The Morgan fingerprint density at radius 3 is 2.29 bits per heavy atom. The molecule has 0 radical (unpaired) electrons. The van der Waals surface area contributed by atoms with Crippen molar-refractivity contribution in [3.63, 3.8) is 0 Å². The number of carbonyl (C=O) groups is 4. The molecule has 8 nitrogen and oxygen atoms in total. The van der Waals surface area contributed by atoms with Crippen LogP contribution >= 0.6 is 0 Å². The van der Waals surface area contributed by atoms with Crippen LogP contribution in [0, 0.1) is 20.8 Å². The molecule has 1 saturated heterocycles. The van der Waals surface area contributed by atoms with Gasteiger partial charge in [0, 0.05) is 13.3 Å². The average Bonchev–Trinajstić information content (AvgIpc) is 3.08. The number of ether oxygens (including phenoxy) is 1. The number of aryl methyl sites for hydroxylation is 3. The zero-order chi connectivity index (χ0) is 20.8. The van der Waals surface area contributed by atoms with Crippen LogP contribution in [0.15, 0.2) is 17.2 Å². The average molecular weight is 385 g/mol. The fourth-order valence-electron chi connectivity index (χ4n) is 4.08. The van der Waals surface area contributed by atoms with Gasteiger partial charge in [0.1, 0.15) is 5.71 Å². The van der Waals surface area contributed by atoms with Gasteiger partial charge in [0.25, 0.3) is 5.91 Å². The molecule has 0 bridgehead atoms. The van der Waals surface area contributed by atoms with Crippen molar-refractivity contribution >= 4 is 35.1 Å². The van der Waals surface area contributed by atoms with Gasteiger partial charge in [-0.1, -0.05) is 17.7 Å². The lowest BCUT2D eigenvalue weighted by Crippen LogP contribution is -2.51. The zero-order valence-corrected chi connectivity index (χ0v) is 16.7. The number of hydrogen-bond donors (Lipinski definition) is 0. The molecule has 3 amide bonds. The first-order chi connectivity index (χ1) is 13.1. The lowest BCUT2D eigenvalue weighted by atomic mass is 9.91. The minimum Gasteiger partial charge on any atom is -0.461 e. The number of esters is 1. The maximum absolute atomic E-state index is 13.5. The minimum absolute atomic E-state index is 0.0302. The van der Waals surface area contributed by atoms with Crippen molar-refractivity contribution < 1.29 is 23.9 Å². The molecule has 1 spiro atoms. The first-order valence-electron chi connectivity index (χ1n) is 9.13. The minimum atomic E-state index is -1.52. The molecule has 148 valence electrons. The van der Waals surface area contributed by atoms with E-state index in [0.29, 0.717) is 5.69 Å². The molecule has 0 N–H and O–H groups in total. The van der Waals surface area contributed by atoms with E-state index in [1.807, 2.05) is 32.9 Å². The van der Waals surface area contributed by atoms with Crippen LogP contribution in [0.1, 0.15) is 43.4 Å². The summed E-state index contributed by atoms with van der Waals surface area (Å²) in [5.74, 6) is -2.18. The molecular weight excluding hydrogens is 362 g/mol. The van der Waals surface area contributed by atoms with Gasteiger partial charge < -0.3 is 4.74 Å². The van der Waals surface area contributed by atoms with Crippen LogP contribution in [0.25, 0.3) is 0 Å². The van der Waals surface area contributed by atoms with E-state index in [0.717, 1.165) is 26.6 Å². The van der Waals surface area contributed by atoms with E-state index in [1.165, 1.54) is 6.92 Å². The Kier molecular flexibility index (Phi) is 4.82. The predicted molar refractivity (Wildman–Crippen MR) is 102 cm³/mol. The van der Waals surface area contributed by atoms with Gasteiger partial charge in [-0.3, -0.25) is 14.4 Å². The molecule has 8 heteroatoms. The van der Waals surface area contributed by atoms with E-state index in [4.69, 9.17) is 4.74 Å². The Labute approximate surface area is 163 Å². The van der Waals surface area contributed by atoms with Gasteiger partial charge in [-0.15, -0.1) is 0 Å². The molecule has 2 aliphatic heterocycles. The van der Waals surface area contributed by atoms with E-state index in [9.17, 15) is 19.2 Å². The molecule has 0 unspecified atom stereocenters. The Bertz CT molecular complexity index is 913. The molecule has 28 heavy (non-hydrogen) atoms. The van der Waals surface area contributed by atoms with Crippen molar-refractivity contribution in [2.24, 2.45) is 5.10 Å². The maximum atomic E-state index is 13.5. The van der Waals surface area contributed by atoms with Gasteiger partial charge in [-0.2, -0.15) is 5.10 Å². The highest BCUT2D eigenvalue weighted by atomic mass is 16.5. The number of hydrogen-bond acceptors (Lipinski definition) is 6. The van der Waals surface area contributed by atoms with Gasteiger partial charge in [0.05, 0.1) is 18.7 Å². The van der Waals surface area contributed by atoms with Crippen LogP contribution in [-0.4, -0.2) is 46.6 Å². The fourth-order valence-corrected chi connectivity index (χ4v) is 4.08. The summed E-state index contributed by atoms with van der Waals surface area (Å²) in [6.45, 7) is 8.65. The summed E-state index contributed by atoms with van der Waals surface area (Å²) < 4.78 is 4.96. The summed E-state index contributed by atoms with van der Waals surface area (Å²) in [4.78, 5) is 51.8. The highest BCUT2D eigenvalue weighted by molar-refractivity contribution is 6.39. The van der Waals surface area contributed by atoms with Crippen molar-refractivity contribution in [1.29, 1.82) is 0 Å². The van der Waals surface area contributed by atoms with E-state index >= 15 is 0 Å². The van der Waals surface area contributed by atoms with Crippen molar-refractivity contribution in [3.8, 4) is 0 Å². The smallest absolute Gasteiger partial charge is 0.354 e.